The lowest BCUT2D eigenvalue weighted by Gasteiger charge is -2.44. The van der Waals surface area contributed by atoms with Gasteiger partial charge in [0.2, 0.25) is 0 Å². The molecule has 0 aliphatic rings. The van der Waals surface area contributed by atoms with Gasteiger partial charge in [0.1, 0.15) is 0 Å². The van der Waals surface area contributed by atoms with Crippen LogP contribution in [0.5, 0.6) is 0 Å². The van der Waals surface area contributed by atoms with Crippen molar-refractivity contribution in [3.63, 3.8) is 0 Å². The van der Waals surface area contributed by atoms with Crippen LogP contribution >= 0.6 is 7.26 Å². The van der Waals surface area contributed by atoms with Crippen LogP contribution in [0, 0.1) is 0 Å². The van der Waals surface area contributed by atoms with Gasteiger partial charge in [0.05, 0.1) is 0 Å². The summed E-state index contributed by atoms with van der Waals surface area (Å²) in [5.41, 5.74) is 2.67. The van der Waals surface area contributed by atoms with Gasteiger partial charge in [0.15, 0.2) is 0 Å². The Morgan fingerprint density at radius 2 is 0.818 bits per heavy atom. The molecule has 0 fully saturated rings. The van der Waals surface area contributed by atoms with Crippen LogP contribution in [0.1, 0.15) is 41.5 Å². The molecule has 1 heteroatoms. The summed E-state index contributed by atoms with van der Waals surface area (Å²) in [6, 6.07) is 0. The van der Waals surface area contributed by atoms with E-state index in [1.165, 1.54) is 0 Å². The Morgan fingerprint density at radius 3 is 0.818 bits per heavy atom. The Bertz CT molecular complexity index is 92.3. The quantitative estimate of drug-likeness (QED) is 0.571. The summed E-state index contributed by atoms with van der Waals surface area (Å²) in [5.74, 6) is 0. The first-order valence-corrected chi connectivity index (χ1v) is 7.13. The van der Waals surface area contributed by atoms with Crippen LogP contribution in [0.2, 0.25) is 0 Å². The van der Waals surface area contributed by atoms with E-state index in [-0.39, 0.29) is 0 Å². The second-order valence-electron chi connectivity index (χ2n) is 4.50. The molecule has 0 unspecified atom stereocenters. The summed E-state index contributed by atoms with van der Waals surface area (Å²) in [4.78, 5) is 0. The van der Waals surface area contributed by atoms with Crippen molar-refractivity contribution in [2.75, 3.05) is 6.66 Å². The molecule has 0 aromatic rings. The number of hydrogen-bond acceptors (Lipinski definition) is 0. The minimum atomic E-state index is -0.685. The Morgan fingerprint density at radius 1 is 0.636 bits per heavy atom. The molecule has 0 atom stereocenters. The summed E-state index contributed by atoms with van der Waals surface area (Å²) in [6.45, 7) is 16.8. The standard InChI is InChI=1S/C10H24P/c1-8(2)11(7,9(3)4)10(5)6/h8-10H,1-7H3. The molecule has 0 amide bonds. The molecule has 0 aliphatic carbocycles. The van der Waals surface area contributed by atoms with Crippen molar-refractivity contribution in [3.8, 4) is 0 Å². The van der Waals surface area contributed by atoms with Crippen LogP contribution in [0.25, 0.3) is 0 Å². The molecule has 0 heterocycles. The van der Waals surface area contributed by atoms with Gasteiger partial charge in [-0.2, -0.15) is 0 Å². The summed E-state index contributed by atoms with van der Waals surface area (Å²) in [5, 5.41) is 0. The molecule has 11 heavy (non-hydrogen) atoms. The Kier molecular flexibility index (Phi) is 4.05. The van der Waals surface area contributed by atoms with Gasteiger partial charge in [-0.25, -0.2) is 0 Å². The third kappa shape index (κ3) is 2.18. The Hall–Kier alpha value is 0.430. The highest BCUT2D eigenvalue weighted by molar-refractivity contribution is 7.77. The van der Waals surface area contributed by atoms with E-state index in [2.05, 4.69) is 48.2 Å². The molecule has 69 valence electrons. The van der Waals surface area contributed by atoms with Gasteiger partial charge < -0.3 is 0 Å². The Labute approximate surface area is 73.1 Å². The molecule has 0 bridgehead atoms. The highest BCUT2D eigenvalue weighted by Gasteiger charge is 2.32. The van der Waals surface area contributed by atoms with Crippen molar-refractivity contribution in [3.05, 3.63) is 0 Å². The van der Waals surface area contributed by atoms with Crippen LogP contribution in [0.4, 0.5) is 0 Å². The zero-order chi connectivity index (χ0) is 9.23. The SMILES string of the molecule is CC(C)[P](C)(C(C)C)C(C)C. The summed E-state index contributed by atoms with van der Waals surface area (Å²) >= 11 is 0. The van der Waals surface area contributed by atoms with E-state index in [9.17, 15) is 0 Å². The lowest BCUT2D eigenvalue weighted by atomic mass is 10.5. The maximum Gasteiger partial charge on any atom is -0.0297 e. The number of hydrogen-bond donors (Lipinski definition) is 0. The first kappa shape index (κ1) is 11.4. The third-order valence-electron chi connectivity index (χ3n) is 3.34. The largest absolute Gasteiger partial charge is 0.121 e. The highest BCUT2D eigenvalue weighted by atomic mass is 31.2. The second-order valence-corrected chi connectivity index (χ2v) is 10.0. The summed E-state index contributed by atoms with van der Waals surface area (Å²) in [7, 11) is -0.685. The minimum absolute atomic E-state index is 0.685. The molecule has 0 N–H and O–H groups in total. The molecule has 0 aliphatic heterocycles. The third-order valence-corrected chi connectivity index (χ3v) is 10.0. The maximum absolute atomic E-state index is 2.52. The Balaban J connectivity index is 4.53. The lowest BCUT2D eigenvalue weighted by Crippen LogP contribution is -2.21. The predicted molar refractivity (Wildman–Crippen MR) is 58.3 cm³/mol. The van der Waals surface area contributed by atoms with Crippen molar-refractivity contribution >= 4 is 7.26 Å². The van der Waals surface area contributed by atoms with E-state index in [0.29, 0.717) is 0 Å². The van der Waals surface area contributed by atoms with Crippen LogP contribution in [0.3, 0.4) is 0 Å². The molecular formula is C10H24P. The van der Waals surface area contributed by atoms with E-state index < -0.39 is 7.26 Å². The van der Waals surface area contributed by atoms with Crippen molar-refractivity contribution in [2.24, 2.45) is 0 Å². The molecule has 0 saturated heterocycles. The molecule has 0 spiro atoms. The average Bonchev–Trinajstić information content (AvgIpc) is 1.84. The smallest absolute Gasteiger partial charge is 0.0297 e. The maximum atomic E-state index is 2.52. The van der Waals surface area contributed by atoms with Crippen LogP contribution in [-0.2, 0) is 0 Å². The zero-order valence-corrected chi connectivity index (χ0v) is 10.1. The van der Waals surface area contributed by atoms with E-state index in [0.717, 1.165) is 17.0 Å². The normalized spacial score (nSPS) is 13.6. The highest BCUT2D eigenvalue weighted by Crippen LogP contribution is 2.66. The topological polar surface area (TPSA) is 0 Å². The van der Waals surface area contributed by atoms with Gasteiger partial charge in [0.25, 0.3) is 0 Å². The zero-order valence-electron chi connectivity index (χ0n) is 9.18. The second kappa shape index (κ2) is 3.90. The van der Waals surface area contributed by atoms with Gasteiger partial charge >= 0.3 is 0 Å². The summed E-state index contributed by atoms with van der Waals surface area (Å²) in [6.07, 6.45) is 0. The van der Waals surface area contributed by atoms with E-state index in [1.54, 1.807) is 0 Å². The molecule has 0 saturated carbocycles. The van der Waals surface area contributed by atoms with Gasteiger partial charge in [-0.05, 0) is 23.6 Å². The van der Waals surface area contributed by atoms with Gasteiger partial charge in [-0.15, -0.1) is 7.26 Å². The van der Waals surface area contributed by atoms with Crippen molar-refractivity contribution < 1.29 is 0 Å². The van der Waals surface area contributed by atoms with E-state index in [4.69, 9.17) is 0 Å². The molecule has 0 aromatic heterocycles. The van der Waals surface area contributed by atoms with E-state index >= 15 is 0 Å². The lowest BCUT2D eigenvalue weighted by molar-refractivity contribution is 0.920. The van der Waals surface area contributed by atoms with Gasteiger partial charge in [-0.3, -0.25) is 0 Å². The fraction of sp³-hybridized carbons (Fsp3) is 1.00. The van der Waals surface area contributed by atoms with Crippen molar-refractivity contribution in [1.29, 1.82) is 0 Å². The molecule has 0 rings (SSSR count). The van der Waals surface area contributed by atoms with E-state index in [1.807, 2.05) is 0 Å². The minimum Gasteiger partial charge on any atom is -0.121 e. The fourth-order valence-corrected chi connectivity index (χ4v) is 5.37. The fourth-order valence-electron chi connectivity index (χ4n) is 1.79. The van der Waals surface area contributed by atoms with Gasteiger partial charge in [-0.1, -0.05) is 41.5 Å². The van der Waals surface area contributed by atoms with Crippen molar-refractivity contribution in [2.45, 2.75) is 58.5 Å². The molecule has 1 radical (unpaired) electrons. The predicted octanol–water partition coefficient (Wildman–Crippen LogP) is 3.86. The molecule has 0 nitrogen and oxygen atoms in total. The van der Waals surface area contributed by atoms with Crippen LogP contribution < -0.4 is 0 Å². The first-order chi connectivity index (χ1) is 4.83. The first-order valence-electron chi connectivity index (χ1n) is 4.69. The van der Waals surface area contributed by atoms with Crippen LogP contribution in [0.15, 0.2) is 0 Å². The monoisotopic (exact) mass is 175 g/mol. The molecular weight excluding hydrogens is 151 g/mol. The summed E-state index contributed by atoms with van der Waals surface area (Å²) < 4.78 is 0. The van der Waals surface area contributed by atoms with Gasteiger partial charge in [0, 0.05) is 0 Å². The molecule has 0 aromatic carbocycles. The van der Waals surface area contributed by atoms with Crippen LogP contribution in [-0.4, -0.2) is 23.6 Å². The van der Waals surface area contributed by atoms with Crippen molar-refractivity contribution in [1.82, 2.24) is 0 Å². The number of rotatable bonds is 3. The average molecular weight is 175 g/mol.